The third kappa shape index (κ3) is 1.33. The van der Waals surface area contributed by atoms with Gasteiger partial charge in [-0.05, 0) is 12.5 Å². The molecular formula is C9H10O2. The van der Waals surface area contributed by atoms with Gasteiger partial charge in [0.05, 0.1) is 6.10 Å². The van der Waals surface area contributed by atoms with Gasteiger partial charge in [-0.15, -0.1) is 12.3 Å². The highest BCUT2D eigenvalue weighted by Gasteiger charge is 2.26. The van der Waals surface area contributed by atoms with E-state index in [1.165, 1.54) is 0 Å². The second-order valence-corrected chi connectivity index (χ2v) is 2.69. The predicted octanol–water partition coefficient (Wildman–Crippen LogP) is 0.660. The summed E-state index contributed by atoms with van der Waals surface area (Å²) in [4.78, 5) is 11.1. The Balaban J connectivity index is 2.89. The van der Waals surface area contributed by atoms with Gasteiger partial charge in [0.1, 0.15) is 0 Å². The van der Waals surface area contributed by atoms with Crippen molar-refractivity contribution in [3.8, 4) is 12.3 Å². The van der Waals surface area contributed by atoms with Gasteiger partial charge in [-0.2, -0.15) is 0 Å². The van der Waals surface area contributed by atoms with Crippen molar-refractivity contribution in [2.75, 3.05) is 0 Å². The Bertz CT molecular complexity index is 255. The predicted molar refractivity (Wildman–Crippen MR) is 41.8 cm³/mol. The molecule has 1 N–H and O–H groups in total. The molecule has 0 fully saturated rings. The number of aliphatic hydroxyl groups is 1. The van der Waals surface area contributed by atoms with Crippen molar-refractivity contribution >= 4 is 5.78 Å². The molecule has 0 radical (unpaired) electrons. The van der Waals surface area contributed by atoms with Crippen molar-refractivity contribution in [2.24, 2.45) is 0 Å². The van der Waals surface area contributed by atoms with E-state index in [9.17, 15) is 9.90 Å². The number of aliphatic hydroxyl groups excluding tert-OH is 1. The second kappa shape index (κ2) is 2.89. The molecule has 1 aliphatic carbocycles. The molecule has 0 bridgehead atoms. The molecule has 11 heavy (non-hydrogen) atoms. The summed E-state index contributed by atoms with van der Waals surface area (Å²) in [5.74, 6) is 2.39. The molecule has 0 aromatic heterocycles. The second-order valence-electron chi connectivity index (χ2n) is 2.69. The zero-order valence-electron chi connectivity index (χ0n) is 6.42. The Kier molecular flexibility index (Phi) is 2.11. The maximum atomic E-state index is 11.1. The summed E-state index contributed by atoms with van der Waals surface area (Å²) in [6.45, 7) is 1.75. The Morgan fingerprint density at radius 1 is 1.82 bits per heavy atom. The van der Waals surface area contributed by atoms with Crippen LogP contribution in [0.3, 0.4) is 0 Å². The average Bonchev–Trinajstić information content (AvgIpc) is 2.17. The van der Waals surface area contributed by atoms with Crippen LogP contribution in [0.4, 0.5) is 0 Å². The summed E-state index contributed by atoms with van der Waals surface area (Å²) in [5.41, 5.74) is 1.37. The van der Waals surface area contributed by atoms with E-state index < -0.39 is 6.10 Å². The van der Waals surface area contributed by atoms with Crippen LogP contribution in [0, 0.1) is 12.3 Å². The van der Waals surface area contributed by atoms with Crippen molar-refractivity contribution in [3.63, 3.8) is 0 Å². The van der Waals surface area contributed by atoms with Crippen LogP contribution in [0.15, 0.2) is 11.1 Å². The van der Waals surface area contributed by atoms with E-state index in [-0.39, 0.29) is 12.2 Å². The van der Waals surface area contributed by atoms with Crippen LogP contribution in [-0.2, 0) is 4.79 Å². The van der Waals surface area contributed by atoms with E-state index in [1.807, 2.05) is 0 Å². The topological polar surface area (TPSA) is 37.3 Å². The summed E-state index contributed by atoms with van der Waals surface area (Å²) < 4.78 is 0. The van der Waals surface area contributed by atoms with Crippen molar-refractivity contribution in [1.29, 1.82) is 0 Å². The SMILES string of the molecule is C#CCC1=C(C)[C@@H](O)CC1=O. The molecule has 0 aromatic carbocycles. The third-order valence-electron chi connectivity index (χ3n) is 1.97. The molecule has 0 aromatic rings. The van der Waals surface area contributed by atoms with E-state index in [0.29, 0.717) is 12.0 Å². The zero-order valence-corrected chi connectivity index (χ0v) is 6.42. The standard InChI is InChI=1S/C9H10O2/c1-3-4-7-6(2)8(10)5-9(7)11/h1,8,10H,4-5H2,2H3/t8-/m0/s1. The van der Waals surface area contributed by atoms with Crippen molar-refractivity contribution in [2.45, 2.75) is 25.9 Å². The lowest BCUT2D eigenvalue weighted by Gasteiger charge is -1.99. The molecule has 0 saturated heterocycles. The number of ketones is 1. The van der Waals surface area contributed by atoms with Crippen molar-refractivity contribution in [3.05, 3.63) is 11.1 Å². The van der Waals surface area contributed by atoms with Gasteiger partial charge in [-0.3, -0.25) is 4.79 Å². The summed E-state index contributed by atoms with van der Waals surface area (Å²) in [6, 6.07) is 0. The zero-order chi connectivity index (χ0) is 8.43. The monoisotopic (exact) mass is 150 g/mol. The number of allylic oxidation sites excluding steroid dienone is 1. The first-order valence-corrected chi connectivity index (χ1v) is 3.51. The molecule has 2 heteroatoms. The molecule has 1 atom stereocenters. The van der Waals surface area contributed by atoms with E-state index in [2.05, 4.69) is 5.92 Å². The van der Waals surface area contributed by atoms with Gasteiger partial charge in [0.15, 0.2) is 5.78 Å². The van der Waals surface area contributed by atoms with Crippen LogP contribution < -0.4 is 0 Å². The van der Waals surface area contributed by atoms with E-state index in [1.54, 1.807) is 6.92 Å². The van der Waals surface area contributed by atoms with E-state index in [4.69, 9.17) is 6.42 Å². The summed E-state index contributed by atoms with van der Waals surface area (Å²) in [5, 5.41) is 9.22. The Hall–Kier alpha value is -1.07. The first-order valence-electron chi connectivity index (χ1n) is 3.51. The summed E-state index contributed by atoms with van der Waals surface area (Å²) in [7, 11) is 0. The minimum absolute atomic E-state index is 0.00653. The maximum absolute atomic E-state index is 11.1. The molecule has 1 aliphatic rings. The number of terminal acetylenes is 1. The largest absolute Gasteiger partial charge is 0.388 e. The molecule has 0 heterocycles. The van der Waals surface area contributed by atoms with Crippen molar-refractivity contribution in [1.82, 2.24) is 0 Å². The minimum atomic E-state index is -0.592. The molecular weight excluding hydrogens is 140 g/mol. The number of carbonyl (C=O) groups is 1. The summed E-state index contributed by atoms with van der Waals surface area (Å²) in [6.07, 6.45) is 5.03. The Morgan fingerprint density at radius 2 is 2.45 bits per heavy atom. The molecule has 0 spiro atoms. The average molecular weight is 150 g/mol. The lowest BCUT2D eigenvalue weighted by molar-refractivity contribution is -0.115. The minimum Gasteiger partial charge on any atom is -0.388 e. The number of rotatable bonds is 1. The molecule has 58 valence electrons. The molecule has 0 aliphatic heterocycles. The van der Waals surface area contributed by atoms with Crippen LogP contribution in [0.25, 0.3) is 0 Å². The third-order valence-corrected chi connectivity index (χ3v) is 1.97. The fourth-order valence-corrected chi connectivity index (χ4v) is 1.21. The highest BCUT2D eigenvalue weighted by Crippen LogP contribution is 2.24. The lowest BCUT2D eigenvalue weighted by atomic mass is 10.1. The smallest absolute Gasteiger partial charge is 0.162 e. The van der Waals surface area contributed by atoms with Gasteiger partial charge in [0.25, 0.3) is 0 Å². The normalized spacial score (nSPS) is 24.1. The number of hydrogen-bond donors (Lipinski definition) is 1. The van der Waals surface area contributed by atoms with Crippen LogP contribution in [-0.4, -0.2) is 17.0 Å². The Morgan fingerprint density at radius 3 is 2.82 bits per heavy atom. The Labute approximate surface area is 65.9 Å². The van der Waals surface area contributed by atoms with Crippen LogP contribution in [0.1, 0.15) is 19.8 Å². The van der Waals surface area contributed by atoms with Crippen LogP contribution in [0.2, 0.25) is 0 Å². The van der Waals surface area contributed by atoms with Gasteiger partial charge >= 0.3 is 0 Å². The van der Waals surface area contributed by atoms with Gasteiger partial charge in [0, 0.05) is 18.4 Å². The van der Waals surface area contributed by atoms with Crippen LogP contribution in [0.5, 0.6) is 0 Å². The molecule has 0 saturated carbocycles. The van der Waals surface area contributed by atoms with Gasteiger partial charge < -0.3 is 5.11 Å². The van der Waals surface area contributed by atoms with Crippen molar-refractivity contribution < 1.29 is 9.90 Å². The first-order chi connectivity index (χ1) is 5.16. The van der Waals surface area contributed by atoms with E-state index in [0.717, 1.165) is 5.57 Å². The number of carbonyl (C=O) groups excluding carboxylic acids is 1. The quantitative estimate of drug-likeness (QED) is 0.557. The molecule has 0 amide bonds. The fraction of sp³-hybridized carbons (Fsp3) is 0.444. The van der Waals surface area contributed by atoms with E-state index >= 15 is 0 Å². The lowest BCUT2D eigenvalue weighted by Crippen LogP contribution is -2.03. The highest BCUT2D eigenvalue weighted by atomic mass is 16.3. The van der Waals surface area contributed by atoms with Gasteiger partial charge in [-0.25, -0.2) is 0 Å². The van der Waals surface area contributed by atoms with Gasteiger partial charge in [-0.1, -0.05) is 0 Å². The van der Waals surface area contributed by atoms with Gasteiger partial charge in [0.2, 0.25) is 0 Å². The summed E-state index contributed by atoms with van der Waals surface area (Å²) >= 11 is 0. The number of hydrogen-bond acceptors (Lipinski definition) is 2. The maximum Gasteiger partial charge on any atom is 0.162 e. The number of Topliss-reactive ketones (excluding diaryl/α,β-unsaturated/α-hetero) is 1. The fourth-order valence-electron chi connectivity index (χ4n) is 1.21. The molecule has 1 rings (SSSR count). The highest BCUT2D eigenvalue weighted by molar-refractivity contribution is 5.99. The molecule has 2 nitrogen and oxygen atoms in total. The van der Waals surface area contributed by atoms with Crippen LogP contribution >= 0.6 is 0 Å². The first kappa shape index (κ1) is 8.03. The molecule has 0 unspecified atom stereocenters.